The average molecular weight is 475 g/mol. The highest BCUT2D eigenvalue weighted by Crippen LogP contribution is 2.19. The molecule has 0 unspecified atom stereocenters. The highest BCUT2D eigenvalue weighted by molar-refractivity contribution is 5.78. The minimum atomic E-state index is -1.22. The number of ether oxygens (including phenoxy) is 3. The number of rotatable bonds is 7. The first-order valence-corrected chi connectivity index (χ1v) is 12.1. The molecule has 2 amide bonds. The zero-order valence-corrected chi connectivity index (χ0v) is 21.4. The van der Waals surface area contributed by atoms with Crippen LogP contribution in [-0.2, 0) is 23.8 Å². The number of amides is 2. The lowest BCUT2D eigenvalue weighted by atomic mass is 9.99. The van der Waals surface area contributed by atoms with Crippen molar-refractivity contribution in [3.8, 4) is 0 Å². The molecule has 1 aliphatic heterocycles. The molecule has 2 N–H and O–H groups in total. The van der Waals surface area contributed by atoms with E-state index in [9.17, 15) is 19.8 Å². The predicted octanol–water partition coefficient (Wildman–Crippen LogP) is 1.30. The topological polar surface area (TPSA) is 109 Å². The van der Waals surface area contributed by atoms with Crippen LogP contribution in [0.1, 0.15) is 53.4 Å². The Labute approximate surface area is 199 Å². The Kier molecular flexibility index (Phi) is 14.1. The second-order valence-electron chi connectivity index (χ2n) is 9.81. The minimum Gasteiger partial charge on any atom is -0.388 e. The Morgan fingerprint density at radius 1 is 1.03 bits per heavy atom. The second-order valence-corrected chi connectivity index (χ2v) is 9.81. The number of hydrogen-bond donors (Lipinski definition) is 2. The molecule has 9 heteroatoms. The maximum absolute atomic E-state index is 13.2. The van der Waals surface area contributed by atoms with Crippen LogP contribution in [0.25, 0.3) is 0 Å². The van der Waals surface area contributed by atoms with Crippen LogP contribution in [0.3, 0.4) is 0 Å². The fraction of sp³-hybridized carbons (Fsp3) is 0.917. The van der Waals surface area contributed by atoms with Gasteiger partial charge < -0.3 is 34.2 Å². The highest BCUT2D eigenvalue weighted by atomic mass is 16.5. The largest absolute Gasteiger partial charge is 0.388 e. The monoisotopic (exact) mass is 474 g/mol. The first kappa shape index (κ1) is 29.8. The van der Waals surface area contributed by atoms with Gasteiger partial charge in [0.25, 0.3) is 0 Å². The predicted molar refractivity (Wildman–Crippen MR) is 126 cm³/mol. The van der Waals surface area contributed by atoms with Crippen LogP contribution in [0.4, 0.5) is 0 Å². The van der Waals surface area contributed by atoms with Crippen molar-refractivity contribution in [1.29, 1.82) is 0 Å². The van der Waals surface area contributed by atoms with Crippen LogP contribution in [0, 0.1) is 11.8 Å². The summed E-state index contributed by atoms with van der Waals surface area (Å²) in [4.78, 5) is 29.7. The van der Waals surface area contributed by atoms with Crippen LogP contribution in [0.2, 0.25) is 0 Å². The third-order valence-corrected chi connectivity index (χ3v) is 5.84. The summed E-state index contributed by atoms with van der Waals surface area (Å²) < 4.78 is 16.1. The van der Waals surface area contributed by atoms with E-state index in [4.69, 9.17) is 14.2 Å². The molecule has 0 bridgehead atoms. The Morgan fingerprint density at radius 2 is 1.73 bits per heavy atom. The van der Waals surface area contributed by atoms with Crippen molar-refractivity contribution < 1.29 is 34.0 Å². The molecule has 1 heterocycles. The molecule has 0 aromatic carbocycles. The highest BCUT2D eigenvalue weighted by Gasteiger charge is 2.33. The van der Waals surface area contributed by atoms with Crippen molar-refractivity contribution >= 4 is 11.8 Å². The van der Waals surface area contributed by atoms with Gasteiger partial charge in [0.15, 0.2) is 0 Å². The van der Waals surface area contributed by atoms with Crippen LogP contribution in [-0.4, -0.2) is 110 Å². The summed E-state index contributed by atoms with van der Waals surface area (Å²) >= 11 is 0. The molecule has 0 aromatic rings. The second kappa shape index (κ2) is 15.6. The minimum absolute atomic E-state index is 0.0288. The molecule has 1 fully saturated rings. The van der Waals surface area contributed by atoms with Crippen LogP contribution in [0.5, 0.6) is 0 Å². The van der Waals surface area contributed by atoms with Gasteiger partial charge in [-0.15, -0.1) is 0 Å². The third kappa shape index (κ3) is 10.7. The molecule has 194 valence electrons. The SMILES string of the molecule is COCC(=O)N1C[C@H](CC(C)C)N(C(=O)CC(C)C)CCCCOC[C@@H](O)[C@@H](O)[C@H](OC)C1. The quantitative estimate of drug-likeness (QED) is 0.572. The molecule has 0 aliphatic carbocycles. The molecule has 0 aromatic heterocycles. The van der Waals surface area contributed by atoms with E-state index in [-0.39, 0.29) is 43.5 Å². The number of nitrogens with zero attached hydrogens (tertiary/aromatic N) is 2. The fourth-order valence-corrected chi connectivity index (χ4v) is 4.15. The van der Waals surface area contributed by atoms with Gasteiger partial charge >= 0.3 is 0 Å². The molecule has 9 nitrogen and oxygen atoms in total. The molecule has 0 spiro atoms. The molecule has 33 heavy (non-hydrogen) atoms. The number of methoxy groups -OCH3 is 2. The number of aliphatic hydroxyl groups is 2. The number of carbonyl (C=O) groups excluding carboxylic acids is 2. The van der Waals surface area contributed by atoms with Crippen LogP contribution >= 0.6 is 0 Å². The lowest BCUT2D eigenvalue weighted by Crippen LogP contribution is -2.54. The number of carbonyl (C=O) groups is 2. The van der Waals surface area contributed by atoms with Crippen molar-refractivity contribution in [2.45, 2.75) is 77.7 Å². The summed E-state index contributed by atoms with van der Waals surface area (Å²) in [6.07, 6.45) is -0.507. The lowest BCUT2D eigenvalue weighted by Gasteiger charge is -2.39. The first-order chi connectivity index (χ1) is 15.6. The van der Waals surface area contributed by atoms with Crippen molar-refractivity contribution in [3.05, 3.63) is 0 Å². The van der Waals surface area contributed by atoms with Gasteiger partial charge in [-0.1, -0.05) is 27.7 Å². The normalized spacial score (nSPS) is 26.5. The zero-order chi connectivity index (χ0) is 25.0. The lowest BCUT2D eigenvalue weighted by molar-refractivity contribution is -0.146. The zero-order valence-electron chi connectivity index (χ0n) is 21.4. The number of aliphatic hydroxyl groups excluding tert-OH is 2. The smallest absolute Gasteiger partial charge is 0.248 e. The van der Waals surface area contributed by atoms with Gasteiger partial charge in [0, 0.05) is 52.9 Å². The Balaban J connectivity index is 3.31. The van der Waals surface area contributed by atoms with Gasteiger partial charge in [-0.05, 0) is 31.1 Å². The van der Waals surface area contributed by atoms with Crippen molar-refractivity contribution in [2.75, 3.05) is 53.7 Å². The molecule has 1 saturated heterocycles. The van der Waals surface area contributed by atoms with Crippen LogP contribution in [0.15, 0.2) is 0 Å². The van der Waals surface area contributed by atoms with Crippen molar-refractivity contribution in [3.63, 3.8) is 0 Å². The summed E-state index contributed by atoms with van der Waals surface area (Å²) in [7, 11) is 2.89. The van der Waals surface area contributed by atoms with Gasteiger partial charge in [-0.2, -0.15) is 0 Å². The van der Waals surface area contributed by atoms with Crippen molar-refractivity contribution in [1.82, 2.24) is 9.80 Å². The van der Waals surface area contributed by atoms with E-state index < -0.39 is 18.3 Å². The Hall–Kier alpha value is -1.26. The summed E-state index contributed by atoms with van der Waals surface area (Å²) in [5.41, 5.74) is 0. The molecule has 0 saturated carbocycles. The van der Waals surface area contributed by atoms with E-state index in [0.29, 0.717) is 32.0 Å². The fourth-order valence-electron chi connectivity index (χ4n) is 4.15. The summed E-state index contributed by atoms with van der Waals surface area (Å²) in [6, 6.07) is -0.180. The standard InChI is InChI=1S/C24H46N2O7/c1-17(2)11-19-13-25(23(29)16-31-5)14-21(32-6)24(30)20(27)15-33-10-8-7-9-26(19)22(28)12-18(3)4/h17-21,24,27,30H,7-16H2,1-6H3/t19-,20+,21+,24+/m0/s1. The van der Waals surface area contributed by atoms with Gasteiger partial charge in [-0.3, -0.25) is 9.59 Å². The molecule has 1 rings (SSSR count). The third-order valence-electron chi connectivity index (χ3n) is 5.84. The van der Waals surface area contributed by atoms with Gasteiger partial charge in [-0.25, -0.2) is 0 Å². The Bertz CT molecular complexity index is 573. The van der Waals surface area contributed by atoms with Gasteiger partial charge in [0.2, 0.25) is 11.8 Å². The van der Waals surface area contributed by atoms with Crippen molar-refractivity contribution in [2.24, 2.45) is 11.8 Å². The number of hydrogen-bond acceptors (Lipinski definition) is 7. The Morgan fingerprint density at radius 3 is 2.30 bits per heavy atom. The van der Waals surface area contributed by atoms with Crippen LogP contribution < -0.4 is 0 Å². The molecular formula is C24H46N2O7. The van der Waals surface area contributed by atoms with E-state index in [1.165, 1.54) is 14.2 Å². The van der Waals surface area contributed by atoms with E-state index in [0.717, 1.165) is 19.3 Å². The first-order valence-electron chi connectivity index (χ1n) is 12.1. The molecule has 1 aliphatic rings. The van der Waals surface area contributed by atoms with Gasteiger partial charge in [0.05, 0.1) is 6.61 Å². The molecule has 4 atom stereocenters. The molecule has 0 radical (unpaired) electrons. The summed E-state index contributed by atoms with van der Waals surface area (Å²) in [6.45, 7) is 9.49. The van der Waals surface area contributed by atoms with E-state index in [2.05, 4.69) is 13.8 Å². The summed E-state index contributed by atoms with van der Waals surface area (Å²) in [5, 5.41) is 21.0. The van der Waals surface area contributed by atoms with E-state index >= 15 is 0 Å². The maximum Gasteiger partial charge on any atom is 0.248 e. The summed E-state index contributed by atoms with van der Waals surface area (Å²) in [5.74, 6) is 0.377. The van der Waals surface area contributed by atoms with Gasteiger partial charge in [0.1, 0.15) is 24.9 Å². The van der Waals surface area contributed by atoms with E-state index in [1.54, 1.807) is 4.90 Å². The molecular weight excluding hydrogens is 428 g/mol. The van der Waals surface area contributed by atoms with E-state index in [1.807, 2.05) is 18.7 Å². The average Bonchev–Trinajstić information content (AvgIpc) is 2.73. The maximum atomic E-state index is 13.2.